The molecular weight excluding hydrogens is 422 g/mol. The molecule has 8 nitrogen and oxygen atoms in total. The molecule has 4 aliphatic rings. The molecule has 1 aliphatic carbocycles. The highest BCUT2D eigenvalue weighted by molar-refractivity contribution is 5.81. The molecule has 3 saturated heterocycles. The Labute approximate surface area is 188 Å². The van der Waals surface area contributed by atoms with E-state index >= 15 is 0 Å². The van der Waals surface area contributed by atoms with Crippen molar-refractivity contribution in [1.29, 1.82) is 0 Å². The Bertz CT molecular complexity index is 710. The fourth-order valence-electron chi connectivity index (χ4n) is 6.17. The maximum atomic E-state index is 14.2. The van der Waals surface area contributed by atoms with Gasteiger partial charge in [-0.05, 0) is 57.5 Å². The number of carbonyl (C=O) groups is 2. The van der Waals surface area contributed by atoms with Crippen molar-refractivity contribution < 1.29 is 27.9 Å². The van der Waals surface area contributed by atoms with E-state index in [1.807, 2.05) is 11.8 Å². The molecule has 0 radical (unpaired) electrons. The summed E-state index contributed by atoms with van der Waals surface area (Å²) in [5.74, 6) is -3.25. The number of amides is 2. The summed E-state index contributed by atoms with van der Waals surface area (Å²) in [6.45, 7) is 5.12. The Morgan fingerprint density at radius 3 is 2.38 bits per heavy atom. The number of likely N-dealkylation sites (tertiary alicyclic amines) is 3. The van der Waals surface area contributed by atoms with Crippen LogP contribution in [0.3, 0.4) is 0 Å². The van der Waals surface area contributed by atoms with Gasteiger partial charge in [-0.2, -0.15) is 0 Å². The minimum atomic E-state index is -2.85. The van der Waals surface area contributed by atoms with Crippen molar-refractivity contribution in [2.45, 2.75) is 69.5 Å². The van der Waals surface area contributed by atoms with Crippen molar-refractivity contribution in [2.75, 3.05) is 53.5 Å². The number of ether oxygens (including phenoxy) is 1. The molecule has 3 heterocycles. The number of alkyl halides is 2. The second kappa shape index (κ2) is 9.02. The molecule has 0 N–H and O–H groups in total. The van der Waals surface area contributed by atoms with Crippen LogP contribution < -0.4 is 0 Å². The van der Waals surface area contributed by atoms with Gasteiger partial charge in [0.05, 0.1) is 26.3 Å². The van der Waals surface area contributed by atoms with E-state index in [1.165, 1.54) is 14.2 Å². The Hall–Kier alpha value is -1.52. The fourth-order valence-corrected chi connectivity index (χ4v) is 6.17. The summed E-state index contributed by atoms with van der Waals surface area (Å²) in [7, 11) is 2.84. The summed E-state index contributed by atoms with van der Waals surface area (Å²) in [6.07, 6.45) is 4.11. The molecule has 0 aromatic rings. The summed E-state index contributed by atoms with van der Waals surface area (Å²) in [5, 5.41) is 1.06. The highest BCUT2D eigenvalue weighted by Crippen LogP contribution is 2.50. The Balaban J connectivity index is 1.28. The van der Waals surface area contributed by atoms with Crippen molar-refractivity contribution in [2.24, 2.45) is 5.41 Å². The standard InChI is InChI=1S/C22H36F2N4O4/c1-4-32-20(30)27-10-7-21(14-27)11-17(12-21)26-8-5-16(6-9-26)28-15-22(23,24)13-18(28)19(29)25(2)31-3/h16-18H,4-15H2,1-3H3. The third-order valence-electron chi connectivity index (χ3n) is 7.96. The number of halogens is 2. The summed E-state index contributed by atoms with van der Waals surface area (Å²) < 4.78 is 33.5. The highest BCUT2D eigenvalue weighted by atomic mass is 19.3. The maximum absolute atomic E-state index is 14.2. The zero-order valence-corrected chi connectivity index (χ0v) is 19.4. The molecule has 0 bridgehead atoms. The van der Waals surface area contributed by atoms with Crippen molar-refractivity contribution >= 4 is 12.0 Å². The Morgan fingerprint density at radius 2 is 1.75 bits per heavy atom. The topological polar surface area (TPSA) is 65.6 Å². The number of rotatable bonds is 5. The van der Waals surface area contributed by atoms with Gasteiger partial charge < -0.3 is 14.5 Å². The molecule has 0 aromatic heterocycles. The summed E-state index contributed by atoms with van der Waals surface area (Å²) >= 11 is 0. The molecule has 4 rings (SSSR count). The van der Waals surface area contributed by atoms with E-state index in [2.05, 4.69) is 4.90 Å². The van der Waals surface area contributed by atoms with E-state index in [1.54, 1.807) is 4.90 Å². The molecular formula is C22H36F2N4O4. The predicted octanol–water partition coefficient (Wildman–Crippen LogP) is 2.19. The number of hydroxylamine groups is 2. The van der Waals surface area contributed by atoms with Crippen LogP contribution in [-0.4, -0.2) is 109 Å². The van der Waals surface area contributed by atoms with Gasteiger partial charge in [0.1, 0.15) is 0 Å². The molecule has 4 fully saturated rings. The number of likely N-dealkylation sites (N-methyl/N-ethyl adjacent to an activating group) is 1. The van der Waals surface area contributed by atoms with Crippen LogP contribution in [0, 0.1) is 5.41 Å². The van der Waals surface area contributed by atoms with E-state index in [-0.39, 0.29) is 24.1 Å². The van der Waals surface area contributed by atoms with E-state index < -0.39 is 24.3 Å². The van der Waals surface area contributed by atoms with Crippen LogP contribution in [0.25, 0.3) is 0 Å². The van der Waals surface area contributed by atoms with Crippen LogP contribution >= 0.6 is 0 Å². The monoisotopic (exact) mass is 458 g/mol. The van der Waals surface area contributed by atoms with Crippen molar-refractivity contribution in [1.82, 2.24) is 19.8 Å². The zero-order valence-electron chi connectivity index (χ0n) is 19.4. The first-order valence-corrected chi connectivity index (χ1v) is 11.8. The van der Waals surface area contributed by atoms with Crippen LogP contribution in [0.4, 0.5) is 13.6 Å². The van der Waals surface area contributed by atoms with Gasteiger partial charge in [0.25, 0.3) is 11.8 Å². The summed E-state index contributed by atoms with van der Waals surface area (Å²) in [6, 6.07) is -0.348. The van der Waals surface area contributed by atoms with Gasteiger partial charge >= 0.3 is 6.09 Å². The first-order chi connectivity index (χ1) is 15.2. The van der Waals surface area contributed by atoms with E-state index in [9.17, 15) is 18.4 Å². The van der Waals surface area contributed by atoms with Crippen LogP contribution in [0.5, 0.6) is 0 Å². The molecule has 1 saturated carbocycles. The average Bonchev–Trinajstić information content (AvgIpc) is 3.33. The largest absolute Gasteiger partial charge is 0.450 e. The predicted molar refractivity (Wildman–Crippen MR) is 113 cm³/mol. The second-order valence-electron chi connectivity index (χ2n) is 9.97. The lowest BCUT2D eigenvalue weighted by molar-refractivity contribution is -0.174. The van der Waals surface area contributed by atoms with Crippen LogP contribution in [-0.2, 0) is 14.4 Å². The van der Waals surface area contributed by atoms with E-state index in [0.29, 0.717) is 12.6 Å². The molecule has 1 unspecified atom stereocenters. The van der Waals surface area contributed by atoms with Crippen LogP contribution in [0.1, 0.15) is 45.4 Å². The smallest absolute Gasteiger partial charge is 0.409 e. The van der Waals surface area contributed by atoms with Gasteiger partial charge in [-0.1, -0.05) is 0 Å². The lowest BCUT2D eigenvalue weighted by atomic mass is 9.64. The third-order valence-corrected chi connectivity index (χ3v) is 7.96. The summed E-state index contributed by atoms with van der Waals surface area (Å²) in [4.78, 5) is 35.5. The molecule has 182 valence electrons. The zero-order chi connectivity index (χ0) is 23.1. The molecule has 10 heteroatoms. The van der Waals surface area contributed by atoms with Crippen LogP contribution in [0.2, 0.25) is 0 Å². The normalized spacial score (nSPS) is 33.5. The summed E-state index contributed by atoms with van der Waals surface area (Å²) in [5.41, 5.74) is 0.216. The first-order valence-electron chi connectivity index (χ1n) is 11.8. The molecule has 0 aromatic carbocycles. The number of hydrogen-bond acceptors (Lipinski definition) is 6. The number of carbonyl (C=O) groups excluding carboxylic acids is 2. The average molecular weight is 459 g/mol. The van der Waals surface area contributed by atoms with Crippen LogP contribution in [0.15, 0.2) is 0 Å². The van der Waals surface area contributed by atoms with Gasteiger partial charge in [-0.25, -0.2) is 18.6 Å². The van der Waals surface area contributed by atoms with Gasteiger partial charge in [0, 0.05) is 38.6 Å². The highest BCUT2D eigenvalue weighted by Gasteiger charge is 2.53. The van der Waals surface area contributed by atoms with Crippen molar-refractivity contribution in [3.05, 3.63) is 0 Å². The molecule has 32 heavy (non-hydrogen) atoms. The quantitative estimate of drug-likeness (QED) is 0.589. The van der Waals surface area contributed by atoms with Crippen molar-refractivity contribution in [3.8, 4) is 0 Å². The van der Waals surface area contributed by atoms with Gasteiger partial charge in [0.2, 0.25) is 0 Å². The van der Waals surface area contributed by atoms with Gasteiger partial charge in [0.15, 0.2) is 0 Å². The SMILES string of the molecule is CCOC(=O)N1CCC2(CC(N3CCC(N4CC(F)(F)CC4C(=O)N(C)OC)CC3)C2)C1. The Morgan fingerprint density at radius 1 is 1.06 bits per heavy atom. The lowest BCUT2D eigenvalue weighted by Gasteiger charge is -2.52. The minimum Gasteiger partial charge on any atom is -0.450 e. The lowest BCUT2D eigenvalue weighted by Crippen LogP contribution is -2.57. The van der Waals surface area contributed by atoms with Gasteiger partial charge in [-0.15, -0.1) is 0 Å². The molecule has 1 atom stereocenters. The number of nitrogens with zero attached hydrogens (tertiary/aromatic N) is 4. The first kappa shape index (κ1) is 23.6. The Kier molecular flexibility index (Phi) is 6.66. The third kappa shape index (κ3) is 4.59. The number of hydrogen-bond donors (Lipinski definition) is 0. The van der Waals surface area contributed by atoms with Crippen molar-refractivity contribution in [3.63, 3.8) is 0 Å². The fraction of sp³-hybridized carbons (Fsp3) is 0.909. The molecule has 3 aliphatic heterocycles. The van der Waals surface area contributed by atoms with Gasteiger partial charge in [-0.3, -0.25) is 14.5 Å². The number of piperidine rings is 1. The maximum Gasteiger partial charge on any atom is 0.409 e. The van der Waals surface area contributed by atoms with E-state index in [0.717, 1.165) is 63.3 Å². The second-order valence-corrected chi connectivity index (χ2v) is 9.97. The molecule has 1 spiro atoms. The van der Waals surface area contributed by atoms with E-state index in [4.69, 9.17) is 9.57 Å². The molecule has 2 amide bonds. The minimum absolute atomic E-state index is 0.0151.